The van der Waals surface area contributed by atoms with Crippen LogP contribution in [0.1, 0.15) is 18.5 Å². The van der Waals surface area contributed by atoms with Crippen molar-refractivity contribution in [3.8, 4) is 0 Å². The van der Waals surface area contributed by atoms with Gasteiger partial charge in [-0.2, -0.15) is 0 Å². The predicted octanol–water partition coefficient (Wildman–Crippen LogP) is 2.77. The Morgan fingerprint density at radius 1 is 1.24 bits per heavy atom. The molecule has 3 rings (SSSR count). The summed E-state index contributed by atoms with van der Waals surface area (Å²) in [6.07, 6.45) is 0. The summed E-state index contributed by atoms with van der Waals surface area (Å²) in [5, 5.41) is 14.2. The third-order valence-corrected chi connectivity index (χ3v) is 4.38. The van der Waals surface area contributed by atoms with Crippen molar-refractivity contribution in [1.29, 1.82) is 0 Å². The van der Waals surface area contributed by atoms with Crippen LogP contribution in [0.2, 0.25) is 0 Å². The Morgan fingerprint density at radius 2 is 2.05 bits per heavy atom. The number of nitrogens with one attached hydrogen (secondary N) is 1. The zero-order valence-corrected chi connectivity index (χ0v) is 12.9. The third-order valence-electron chi connectivity index (χ3n) is 3.24. The maximum absolute atomic E-state index is 10.8. The average molecular weight is 347 g/mol. The molecule has 0 fully saturated rings. The van der Waals surface area contributed by atoms with Crippen LogP contribution in [0.25, 0.3) is 11.0 Å². The van der Waals surface area contributed by atoms with Crippen molar-refractivity contribution in [3.63, 3.8) is 0 Å². The molecule has 7 heteroatoms. The molecule has 0 aliphatic rings. The Kier molecular flexibility index (Phi) is 3.68. The molecule has 6 nitrogen and oxygen atoms in total. The Balaban J connectivity index is 1.89. The summed E-state index contributed by atoms with van der Waals surface area (Å²) in [5.74, 6) is 0. The number of nitro groups is 1. The molecule has 0 saturated carbocycles. The first kappa shape index (κ1) is 13.7. The van der Waals surface area contributed by atoms with Gasteiger partial charge in [0.25, 0.3) is 0 Å². The van der Waals surface area contributed by atoms with Crippen LogP contribution in [-0.2, 0) is 0 Å². The van der Waals surface area contributed by atoms with Gasteiger partial charge in [-0.1, -0.05) is 0 Å². The van der Waals surface area contributed by atoms with Crippen LogP contribution in [0.5, 0.6) is 0 Å². The van der Waals surface area contributed by atoms with E-state index in [4.69, 9.17) is 0 Å². The molecular formula is C14H12N4O2Se. The van der Waals surface area contributed by atoms with Crippen LogP contribution < -0.4 is 5.32 Å². The van der Waals surface area contributed by atoms with E-state index in [1.807, 2.05) is 31.2 Å². The zero-order chi connectivity index (χ0) is 14.8. The molecule has 1 N–H and O–H groups in total. The first-order valence-electron chi connectivity index (χ1n) is 6.37. The summed E-state index contributed by atoms with van der Waals surface area (Å²) in [5.41, 5.74) is 3.67. The summed E-state index contributed by atoms with van der Waals surface area (Å²) in [7, 11) is 0. The van der Waals surface area contributed by atoms with Crippen molar-refractivity contribution in [3.05, 3.63) is 58.1 Å². The molecule has 0 bridgehead atoms. The standard InChI is InChI=1S/C14H12N4O2Se/c1-9(10-4-2-5-11(8-10)18(19)20)15-12-6-3-7-13-14(12)17-21-16-13/h2-9,15H,1H3. The summed E-state index contributed by atoms with van der Waals surface area (Å²) >= 11 is -0.0745. The molecule has 0 aliphatic heterocycles. The molecule has 0 amide bonds. The van der Waals surface area contributed by atoms with Gasteiger partial charge in [0, 0.05) is 0 Å². The number of fused-ring (bicyclic) bond motifs is 1. The van der Waals surface area contributed by atoms with Gasteiger partial charge >= 0.3 is 127 Å². The van der Waals surface area contributed by atoms with Crippen molar-refractivity contribution in [2.75, 3.05) is 5.32 Å². The fourth-order valence-corrected chi connectivity index (χ4v) is 3.30. The van der Waals surface area contributed by atoms with Gasteiger partial charge in [-0.3, -0.25) is 0 Å². The summed E-state index contributed by atoms with van der Waals surface area (Å²) in [4.78, 5) is 10.5. The van der Waals surface area contributed by atoms with E-state index in [9.17, 15) is 10.1 Å². The third kappa shape index (κ3) is 2.79. The van der Waals surface area contributed by atoms with E-state index < -0.39 is 0 Å². The summed E-state index contributed by atoms with van der Waals surface area (Å²) in [6, 6.07) is 12.4. The number of hydrogen-bond acceptors (Lipinski definition) is 5. The normalized spacial score (nSPS) is 12.2. The van der Waals surface area contributed by atoms with Crippen LogP contribution in [0.3, 0.4) is 0 Å². The predicted molar refractivity (Wildman–Crippen MR) is 81.6 cm³/mol. The van der Waals surface area contributed by atoms with Crippen molar-refractivity contribution in [2.45, 2.75) is 13.0 Å². The molecule has 21 heavy (non-hydrogen) atoms. The van der Waals surface area contributed by atoms with E-state index in [1.54, 1.807) is 12.1 Å². The first-order chi connectivity index (χ1) is 10.1. The van der Waals surface area contributed by atoms with Crippen LogP contribution in [0.4, 0.5) is 11.4 Å². The van der Waals surface area contributed by atoms with Crippen molar-refractivity contribution < 1.29 is 4.92 Å². The van der Waals surface area contributed by atoms with Crippen LogP contribution >= 0.6 is 0 Å². The number of hydrogen-bond donors (Lipinski definition) is 1. The Morgan fingerprint density at radius 3 is 2.86 bits per heavy atom. The van der Waals surface area contributed by atoms with E-state index in [0.29, 0.717) is 0 Å². The number of aromatic nitrogens is 2. The van der Waals surface area contributed by atoms with Gasteiger partial charge in [-0.25, -0.2) is 0 Å². The monoisotopic (exact) mass is 348 g/mol. The SMILES string of the molecule is CC(Nc1cccc2n[se]nc12)c1cccc([N+](=O)[O-])c1. The van der Waals surface area contributed by atoms with E-state index >= 15 is 0 Å². The minimum atomic E-state index is -0.382. The van der Waals surface area contributed by atoms with Gasteiger partial charge in [0.2, 0.25) is 0 Å². The minimum absolute atomic E-state index is 0.0558. The average Bonchev–Trinajstić information content (AvgIpc) is 2.97. The number of nitro benzene ring substituents is 1. The van der Waals surface area contributed by atoms with Gasteiger partial charge in [0.15, 0.2) is 0 Å². The topological polar surface area (TPSA) is 81.0 Å². The number of benzene rings is 2. The number of anilines is 1. The first-order valence-corrected chi connectivity index (χ1v) is 7.90. The van der Waals surface area contributed by atoms with Gasteiger partial charge in [0.1, 0.15) is 0 Å². The summed E-state index contributed by atoms with van der Waals surface area (Å²) in [6.45, 7) is 1.97. The molecule has 1 aromatic heterocycles. The molecule has 0 radical (unpaired) electrons. The van der Waals surface area contributed by atoms with E-state index in [2.05, 4.69) is 13.3 Å². The molecule has 2 aromatic carbocycles. The van der Waals surface area contributed by atoms with E-state index in [1.165, 1.54) is 6.07 Å². The van der Waals surface area contributed by atoms with Crippen LogP contribution in [0, 0.1) is 10.1 Å². The second kappa shape index (κ2) is 5.63. The van der Waals surface area contributed by atoms with Crippen molar-refractivity contribution in [1.82, 2.24) is 7.96 Å². The van der Waals surface area contributed by atoms with E-state index in [0.717, 1.165) is 22.3 Å². The molecule has 0 aliphatic carbocycles. The Labute approximate surface area is 127 Å². The van der Waals surface area contributed by atoms with Gasteiger partial charge in [-0.15, -0.1) is 0 Å². The van der Waals surface area contributed by atoms with Gasteiger partial charge < -0.3 is 0 Å². The molecular weight excluding hydrogens is 335 g/mol. The van der Waals surface area contributed by atoms with Crippen molar-refractivity contribution >= 4 is 37.4 Å². The van der Waals surface area contributed by atoms with Gasteiger partial charge in [0.05, 0.1) is 0 Å². The molecule has 0 spiro atoms. The molecule has 0 saturated heterocycles. The van der Waals surface area contributed by atoms with Crippen molar-refractivity contribution in [2.24, 2.45) is 0 Å². The van der Waals surface area contributed by atoms with Gasteiger partial charge in [-0.05, 0) is 0 Å². The maximum atomic E-state index is 10.8. The second-order valence-corrected chi connectivity index (χ2v) is 5.76. The van der Waals surface area contributed by atoms with Crippen LogP contribution in [-0.4, -0.2) is 27.8 Å². The second-order valence-electron chi connectivity index (χ2n) is 4.66. The number of rotatable bonds is 4. The molecule has 1 atom stereocenters. The molecule has 3 aromatic rings. The molecule has 106 valence electrons. The molecule has 1 heterocycles. The van der Waals surface area contributed by atoms with E-state index in [-0.39, 0.29) is 31.6 Å². The molecule has 1 unspecified atom stereocenters. The number of non-ortho nitro benzene ring substituents is 1. The summed E-state index contributed by atoms with van der Waals surface area (Å²) < 4.78 is 8.76. The fraction of sp³-hybridized carbons (Fsp3) is 0.143. The Hall–Kier alpha value is -2.24. The fourth-order valence-electron chi connectivity index (χ4n) is 2.15. The Bertz CT molecular complexity index is 802. The zero-order valence-electron chi connectivity index (χ0n) is 11.2. The van der Waals surface area contributed by atoms with Crippen LogP contribution in [0.15, 0.2) is 42.5 Å². The quantitative estimate of drug-likeness (QED) is 0.446. The number of nitrogens with zero attached hydrogens (tertiary/aromatic N) is 3.